The highest BCUT2D eigenvalue weighted by Gasteiger charge is 2.20. The van der Waals surface area contributed by atoms with Gasteiger partial charge in [0.05, 0.1) is 0 Å². The Morgan fingerprint density at radius 2 is 1.89 bits per heavy atom. The molecule has 4 heteroatoms. The smallest absolute Gasteiger partial charge is 0.135 e. The van der Waals surface area contributed by atoms with E-state index in [9.17, 15) is 0 Å². The quantitative estimate of drug-likeness (QED) is 0.819. The van der Waals surface area contributed by atoms with Gasteiger partial charge in [-0.15, -0.1) is 0 Å². The van der Waals surface area contributed by atoms with Crippen LogP contribution in [0.2, 0.25) is 0 Å². The highest BCUT2D eigenvalue weighted by atomic mass is 15.1. The third-order valence-electron chi connectivity index (χ3n) is 3.70. The first-order chi connectivity index (χ1) is 9.22. The lowest BCUT2D eigenvalue weighted by Crippen LogP contribution is -2.19. The standard InChI is InChI=1S/C15H26N4/c1-4-9-16-14-13(11(2)3)15(18-10-17-14)19-12-7-5-6-8-12/h10-12H,4-9H2,1-3H3,(H2,16,17,18,19). The van der Waals surface area contributed by atoms with Crippen LogP contribution in [-0.4, -0.2) is 22.6 Å². The van der Waals surface area contributed by atoms with Gasteiger partial charge >= 0.3 is 0 Å². The van der Waals surface area contributed by atoms with Crippen LogP contribution in [-0.2, 0) is 0 Å². The molecular weight excluding hydrogens is 236 g/mol. The van der Waals surface area contributed by atoms with Crippen molar-refractivity contribution < 1.29 is 0 Å². The van der Waals surface area contributed by atoms with Gasteiger partial charge in [-0.25, -0.2) is 9.97 Å². The molecule has 2 rings (SSSR count). The zero-order chi connectivity index (χ0) is 13.7. The molecule has 2 N–H and O–H groups in total. The molecule has 0 amide bonds. The molecule has 0 aromatic carbocycles. The average molecular weight is 262 g/mol. The van der Waals surface area contributed by atoms with Gasteiger partial charge in [0.2, 0.25) is 0 Å². The Morgan fingerprint density at radius 1 is 1.21 bits per heavy atom. The van der Waals surface area contributed by atoms with E-state index >= 15 is 0 Å². The molecule has 1 aliphatic carbocycles. The Morgan fingerprint density at radius 3 is 2.53 bits per heavy atom. The Bertz CT molecular complexity index is 397. The molecule has 1 aliphatic rings. The van der Waals surface area contributed by atoms with Crippen molar-refractivity contribution in [3.8, 4) is 0 Å². The molecule has 1 fully saturated rings. The number of hydrogen-bond donors (Lipinski definition) is 2. The molecule has 0 bridgehead atoms. The molecule has 1 aromatic rings. The average Bonchev–Trinajstić information content (AvgIpc) is 2.89. The van der Waals surface area contributed by atoms with Gasteiger partial charge in [0.15, 0.2) is 0 Å². The van der Waals surface area contributed by atoms with Crippen LogP contribution in [0.4, 0.5) is 11.6 Å². The molecule has 1 saturated carbocycles. The summed E-state index contributed by atoms with van der Waals surface area (Å²) in [5.41, 5.74) is 1.22. The van der Waals surface area contributed by atoms with Crippen molar-refractivity contribution in [1.29, 1.82) is 0 Å². The topological polar surface area (TPSA) is 49.8 Å². The summed E-state index contributed by atoms with van der Waals surface area (Å²) in [4.78, 5) is 8.88. The summed E-state index contributed by atoms with van der Waals surface area (Å²) >= 11 is 0. The van der Waals surface area contributed by atoms with Gasteiger partial charge in [-0.3, -0.25) is 0 Å². The molecule has 0 spiro atoms. The van der Waals surface area contributed by atoms with E-state index in [-0.39, 0.29) is 0 Å². The van der Waals surface area contributed by atoms with Crippen molar-refractivity contribution in [3.63, 3.8) is 0 Å². The summed E-state index contributed by atoms with van der Waals surface area (Å²) in [6.07, 6.45) is 7.97. The normalized spacial score (nSPS) is 16.0. The second-order valence-corrected chi connectivity index (χ2v) is 5.69. The van der Waals surface area contributed by atoms with Crippen molar-refractivity contribution >= 4 is 11.6 Å². The van der Waals surface area contributed by atoms with Gasteiger partial charge in [0.1, 0.15) is 18.0 Å². The van der Waals surface area contributed by atoms with Crippen LogP contribution in [0.3, 0.4) is 0 Å². The number of aromatic nitrogens is 2. The molecule has 1 heterocycles. The predicted molar refractivity (Wildman–Crippen MR) is 80.8 cm³/mol. The monoisotopic (exact) mass is 262 g/mol. The first-order valence-electron chi connectivity index (χ1n) is 7.57. The van der Waals surface area contributed by atoms with Crippen LogP contribution in [0, 0.1) is 0 Å². The van der Waals surface area contributed by atoms with Gasteiger partial charge in [-0.2, -0.15) is 0 Å². The molecular formula is C15H26N4. The molecule has 0 radical (unpaired) electrons. The summed E-state index contributed by atoms with van der Waals surface area (Å²) in [6.45, 7) is 7.53. The van der Waals surface area contributed by atoms with Crippen LogP contribution >= 0.6 is 0 Å². The largest absolute Gasteiger partial charge is 0.370 e. The number of anilines is 2. The third kappa shape index (κ3) is 3.58. The molecule has 0 saturated heterocycles. The fraction of sp³-hybridized carbons (Fsp3) is 0.733. The number of nitrogens with zero attached hydrogens (tertiary/aromatic N) is 2. The molecule has 0 atom stereocenters. The van der Waals surface area contributed by atoms with Crippen LogP contribution < -0.4 is 10.6 Å². The van der Waals surface area contributed by atoms with Crippen molar-refractivity contribution in [2.45, 2.75) is 64.8 Å². The van der Waals surface area contributed by atoms with E-state index in [2.05, 4.69) is 41.4 Å². The Kier molecular flexibility index (Phi) is 5.00. The van der Waals surface area contributed by atoms with Gasteiger partial charge in [-0.05, 0) is 25.2 Å². The van der Waals surface area contributed by atoms with E-state index in [1.807, 2.05) is 0 Å². The molecule has 106 valence electrons. The Labute approximate surface area is 116 Å². The highest BCUT2D eigenvalue weighted by molar-refractivity contribution is 5.59. The SMILES string of the molecule is CCCNc1ncnc(NC2CCCC2)c1C(C)C. The third-order valence-corrected chi connectivity index (χ3v) is 3.70. The van der Waals surface area contributed by atoms with Crippen LogP contribution in [0.5, 0.6) is 0 Å². The van der Waals surface area contributed by atoms with Crippen molar-refractivity contribution in [2.24, 2.45) is 0 Å². The zero-order valence-electron chi connectivity index (χ0n) is 12.4. The lowest BCUT2D eigenvalue weighted by atomic mass is 10.0. The van der Waals surface area contributed by atoms with Crippen LogP contribution in [0.1, 0.15) is 64.4 Å². The van der Waals surface area contributed by atoms with Crippen LogP contribution in [0.25, 0.3) is 0 Å². The number of hydrogen-bond acceptors (Lipinski definition) is 4. The first-order valence-corrected chi connectivity index (χ1v) is 7.57. The predicted octanol–water partition coefficient (Wildman–Crippen LogP) is 3.78. The lowest BCUT2D eigenvalue weighted by Gasteiger charge is -2.20. The minimum atomic E-state index is 0.421. The van der Waals surface area contributed by atoms with E-state index in [0.29, 0.717) is 12.0 Å². The summed E-state index contributed by atoms with van der Waals surface area (Å²) < 4.78 is 0. The van der Waals surface area contributed by atoms with E-state index in [0.717, 1.165) is 24.6 Å². The summed E-state index contributed by atoms with van der Waals surface area (Å²) in [5, 5.41) is 7.03. The van der Waals surface area contributed by atoms with Crippen molar-refractivity contribution in [1.82, 2.24) is 9.97 Å². The minimum Gasteiger partial charge on any atom is -0.370 e. The maximum absolute atomic E-state index is 4.47. The van der Waals surface area contributed by atoms with Crippen molar-refractivity contribution in [3.05, 3.63) is 11.9 Å². The second kappa shape index (κ2) is 6.73. The summed E-state index contributed by atoms with van der Waals surface area (Å²) in [7, 11) is 0. The van der Waals surface area contributed by atoms with E-state index in [1.54, 1.807) is 6.33 Å². The Hall–Kier alpha value is -1.32. The summed E-state index contributed by atoms with van der Waals surface area (Å²) in [5.74, 6) is 2.44. The van der Waals surface area contributed by atoms with Crippen molar-refractivity contribution in [2.75, 3.05) is 17.2 Å². The highest BCUT2D eigenvalue weighted by Crippen LogP contribution is 2.30. The second-order valence-electron chi connectivity index (χ2n) is 5.69. The van der Waals surface area contributed by atoms with Gasteiger partial charge in [0, 0.05) is 18.2 Å². The van der Waals surface area contributed by atoms with E-state index in [4.69, 9.17) is 0 Å². The maximum atomic E-state index is 4.47. The molecule has 1 aromatic heterocycles. The molecule has 0 unspecified atom stereocenters. The fourth-order valence-corrected chi connectivity index (χ4v) is 2.71. The van der Waals surface area contributed by atoms with Gasteiger partial charge in [-0.1, -0.05) is 33.6 Å². The molecule has 0 aliphatic heterocycles. The first kappa shape index (κ1) is 14.1. The number of rotatable bonds is 6. The maximum Gasteiger partial charge on any atom is 0.135 e. The Balaban J connectivity index is 2.20. The van der Waals surface area contributed by atoms with E-state index in [1.165, 1.54) is 31.2 Å². The van der Waals surface area contributed by atoms with E-state index < -0.39 is 0 Å². The van der Waals surface area contributed by atoms with Gasteiger partial charge in [0.25, 0.3) is 0 Å². The van der Waals surface area contributed by atoms with Gasteiger partial charge < -0.3 is 10.6 Å². The minimum absolute atomic E-state index is 0.421. The lowest BCUT2D eigenvalue weighted by molar-refractivity contribution is 0.740. The number of nitrogens with one attached hydrogen (secondary N) is 2. The zero-order valence-corrected chi connectivity index (χ0v) is 12.4. The molecule has 4 nitrogen and oxygen atoms in total. The van der Waals surface area contributed by atoms with Crippen LogP contribution in [0.15, 0.2) is 6.33 Å². The summed E-state index contributed by atoms with van der Waals surface area (Å²) in [6, 6.07) is 0.589. The fourth-order valence-electron chi connectivity index (χ4n) is 2.71. The molecule has 19 heavy (non-hydrogen) atoms.